The van der Waals surface area contributed by atoms with E-state index in [0.29, 0.717) is 18.2 Å². The molecule has 94 valence electrons. The fourth-order valence-corrected chi connectivity index (χ4v) is 1.33. The lowest BCUT2D eigenvalue weighted by molar-refractivity contribution is -0.0893. The Hall–Kier alpha value is -0.705. The van der Waals surface area contributed by atoms with Gasteiger partial charge in [-0.15, -0.1) is 0 Å². The highest BCUT2D eigenvalue weighted by Gasteiger charge is 2.35. The molecule has 0 bridgehead atoms. The third-order valence-corrected chi connectivity index (χ3v) is 3.40. The van der Waals surface area contributed by atoms with E-state index in [1.165, 1.54) is 0 Å². The van der Waals surface area contributed by atoms with Gasteiger partial charge in [-0.05, 0) is 51.4 Å². The topological polar surface area (TPSA) is 55.5 Å². The van der Waals surface area contributed by atoms with E-state index in [1.54, 1.807) is 32.0 Å². The minimum Gasteiger partial charge on any atom is -0.427 e. The van der Waals surface area contributed by atoms with Gasteiger partial charge in [0.05, 0.1) is 11.2 Å². The van der Waals surface area contributed by atoms with Gasteiger partial charge in [-0.2, -0.15) is 0 Å². The van der Waals surface area contributed by atoms with Crippen molar-refractivity contribution in [3.05, 3.63) is 23.2 Å². The molecule has 0 amide bonds. The number of halogens is 1. The van der Waals surface area contributed by atoms with Gasteiger partial charge < -0.3 is 15.5 Å². The molecule has 0 atom stereocenters. The summed E-state index contributed by atoms with van der Waals surface area (Å²) in [7, 11) is 0.323. The Kier molecular flexibility index (Phi) is 4.13. The summed E-state index contributed by atoms with van der Waals surface area (Å²) < 4.78 is 5.73. The number of hydrogen-bond donors (Lipinski definition) is 2. The van der Waals surface area contributed by atoms with Gasteiger partial charge in [-0.1, -0.05) is 11.6 Å². The quantitative estimate of drug-likeness (QED) is 0.633. The summed E-state index contributed by atoms with van der Waals surface area (Å²) in [4.78, 5) is 0. The molecule has 17 heavy (non-hydrogen) atoms. The molecule has 0 aromatic heterocycles. The van der Waals surface area contributed by atoms with Crippen molar-refractivity contribution in [2.24, 2.45) is 0 Å². The minimum atomic E-state index is -0.930. The maximum atomic E-state index is 9.97. The molecule has 1 rings (SSSR count). The summed E-state index contributed by atoms with van der Waals surface area (Å²) in [6, 6.07) is 5.26. The summed E-state index contributed by atoms with van der Waals surface area (Å²) in [5.74, 6) is 0. The van der Waals surface area contributed by atoms with Gasteiger partial charge in [-0.25, -0.2) is 0 Å². The van der Waals surface area contributed by atoms with Gasteiger partial charge in [0.15, 0.2) is 0 Å². The molecule has 0 saturated carbocycles. The number of nitrogen functional groups attached to an aromatic ring is 1. The first-order valence-corrected chi connectivity index (χ1v) is 5.91. The van der Waals surface area contributed by atoms with E-state index in [4.69, 9.17) is 22.0 Å². The summed E-state index contributed by atoms with van der Waals surface area (Å²) in [5.41, 5.74) is 5.70. The van der Waals surface area contributed by atoms with Crippen LogP contribution in [-0.4, -0.2) is 23.8 Å². The van der Waals surface area contributed by atoms with Crippen LogP contribution in [0.1, 0.15) is 27.7 Å². The molecule has 0 spiro atoms. The first-order chi connectivity index (χ1) is 7.63. The van der Waals surface area contributed by atoms with Crippen molar-refractivity contribution in [1.29, 1.82) is 0 Å². The summed E-state index contributed by atoms with van der Waals surface area (Å²) in [5, 5.41) is 10.6. The Morgan fingerprint density at radius 3 is 2.41 bits per heavy atom. The number of aliphatic hydroxyl groups is 1. The molecule has 0 saturated heterocycles. The van der Waals surface area contributed by atoms with Crippen molar-refractivity contribution < 1.29 is 9.76 Å². The molecule has 0 aliphatic heterocycles. The third kappa shape index (κ3) is 3.63. The van der Waals surface area contributed by atoms with Crippen molar-refractivity contribution in [3.63, 3.8) is 0 Å². The van der Waals surface area contributed by atoms with Crippen LogP contribution in [0, 0.1) is 0 Å². The molecule has 0 radical (unpaired) electrons. The summed E-state index contributed by atoms with van der Waals surface area (Å²) >= 11 is 5.90. The van der Waals surface area contributed by atoms with E-state index in [2.05, 4.69) is 0 Å². The van der Waals surface area contributed by atoms with Crippen molar-refractivity contribution in [2.75, 3.05) is 5.73 Å². The van der Waals surface area contributed by atoms with Gasteiger partial charge in [0.2, 0.25) is 0 Å². The lowest BCUT2D eigenvalue weighted by Crippen LogP contribution is -2.49. The second-order valence-electron chi connectivity index (χ2n) is 5.20. The maximum Gasteiger partial charge on any atom is 0.311 e. The number of rotatable bonds is 4. The van der Waals surface area contributed by atoms with Crippen LogP contribution in [0.4, 0.5) is 5.69 Å². The molecule has 0 unspecified atom stereocenters. The Morgan fingerprint density at radius 1 is 1.29 bits per heavy atom. The number of nitrogens with two attached hydrogens (primary N) is 1. The predicted molar refractivity (Wildman–Crippen MR) is 74.1 cm³/mol. The van der Waals surface area contributed by atoms with E-state index < -0.39 is 11.2 Å². The normalized spacial score (nSPS) is 12.6. The van der Waals surface area contributed by atoms with Crippen molar-refractivity contribution >= 4 is 30.2 Å². The summed E-state index contributed by atoms with van der Waals surface area (Å²) in [6.45, 7) is 7.12. The highest BCUT2D eigenvalue weighted by Crippen LogP contribution is 2.24. The van der Waals surface area contributed by atoms with Crippen LogP contribution < -0.4 is 11.2 Å². The Balaban J connectivity index is 2.77. The fourth-order valence-electron chi connectivity index (χ4n) is 1.13. The SMILES string of the molecule is CC(C)(O)C(C)(C)OBc1cc(Cl)ccc1N. The van der Waals surface area contributed by atoms with Crippen LogP contribution >= 0.6 is 11.6 Å². The molecule has 0 aliphatic carbocycles. The zero-order chi connectivity index (χ0) is 13.3. The van der Waals surface area contributed by atoms with E-state index in [9.17, 15) is 5.11 Å². The van der Waals surface area contributed by atoms with E-state index in [-0.39, 0.29) is 0 Å². The van der Waals surface area contributed by atoms with Gasteiger partial charge in [0.1, 0.15) is 0 Å². The van der Waals surface area contributed by atoms with Crippen LogP contribution in [0.25, 0.3) is 0 Å². The third-order valence-electron chi connectivity index (χ3n) is 3.17. The van der Waals surface area contributed by atoms with Crippen molar-refractivity contribution in [2.45, 2.75) is 38.9 Å². The second-order valence-corrected chi connectivity index (χ2v) is 5.64. The largest absolute Gasteiger partial charge is 0.427 e. The summed E-state index contributed by atoms with van der Waals surface area (Å²) in [6.07, 6.45) is 0. The zero-order valence-electron chi connectivity index (χ0n) is 10.7. The molecule has 0 fully saturated rings. The molecular formula is C12H19BClNO2. The fraction of sp³-hybridized carbons (Fsp3) is 0.500. The minimum absolute atomic E-state index is 0.323. The van der Waals surface area contributed by atoms with Crippen molar-refractivity contribution in [3.8, 4) is 0 Å². The smallest absolute Gasteiger partial charge is 0.311 e. The van der Waals surface area contributed by atoms with Gasteiger partial charge in [-0.3, -0.25) is 0 Å². The van der Waals surface area contributed by atoms with Crippen LogP contribution in [-0.2, 0) is 4.65 Å². The predicted octanol–water partition coefficient (Wildman–Crippen LogP) is 1.47. The molecular weight excluding hydrogens is 236 g/mol. The standard InChI is InChI=1S/C12H19BClNO2/c1-11(2,16)12(3,4)17-13-9-7-8(14)5-6-10(9)15/h5-7,13,16H,15H2,1-4H3. The highest BCUT2D eigenvalue weighted by molar-refractivity contribution is 6.50. The van der Waals surface area contributed by atoms with Crippen LogP contribution in [0.2, 0.25) is 5.02 Å². The molecule has 3 N–H and O–H groups in total. The number of anilines is 1. The van der Waals surface area contributed by atoms with E-state index in [1.807, 2.05) is 13.8 Å². The lowest BCUT2D eigenvalue weighted by atomic mass is 9.82. The first-order valence-electron chi connectivity index (χ1n) is 5.54. The highest BCUT2D eigenvalue weighted by atomic mass is 35.5. The molecule has 1 aromatic rings. The molecule has 3 nitrogen and oxygen atoms in total. The van der Waals surface area contributed by atoms with Crippen LogP contribution in [0.15, 0.2) is 18.2 Å². The molecule has 0 aliphatic rings. The Labute approximate surface area is 108 Å². The van der Waals surface area contributed by atoms with Gasteiger partial charge >= 0.3 is 7.48 Å². The first kappa shape index (κ1) is 14.4. The Morgan fingerprint density at radius 2 is 1.88 bits per heavy atom. The zero-order valence-corrected chi connectivity index (χ0v) is 11.5. The Bertz CT molecular complexity index is 402. The molecule has 0 heterocycles. The molecule has 5 heteroatoms. The number of benzene rings is 1. The second kappa shape index (κ2) is 4.88. The monoisotopic (exact) mass is 255 g/mol. The van der Waals surface area contributed by atoms with Crippen LogP contribution in [0.5, 0.6) is 0 Å². The molecule has 1 aromatic carbocycles. The number of hydrogen-bond acceptors (Lipinski definition) is 3. The van der Waals surface area contributed by atoms with E-state index in [0.717, 1.165) is 5.46 Å². The maximum absolute atomic E-state index is 9.97. The average molecular weight is 256 g/mol. The van der Waals surface area contributed by atoms with Crippen LogP contribution in [0.3, 0.4) is 0 Å². The van der Waals surface area contributed by atoms with E-state index >= 15 is 0 Å². The van der Waals surface area contributed by atoms with Gasteiger partial charge in [0.25, 0.3) is 0 Å². The lowest BCUT2D eigenvalue weighted by Gasteiger charge is -2.37. The van der Waals surface area contributed by atoms with Crippen molar-refractivity contribution in [1.82, 2.24) is 0 Å². The van der Waals surface area contributed by atoms with Gasteiger partial charge in [0, 0.05) is 10.7 Å². The average Bonchev–Trinajstić information content (AvgIpc) is 2.18.